The zero-order chi connectivity index (χ0) is 17.4. The van der Waals surface area contributed by atoms with Gasteiger partial charge in [0.05, 0.1) is 24.5 Å². The van der Waals surface area contributed by atoms with Gasteiger partial charge in [-0.25, -0.2) is 0 Å². The van der Waals surface area contributed by atoms with Crippen LogP contribution < -0.4 is 0 Å². The number of halogens is 3. The van der Waals surface area contributed by atoms with Crippen molar-refractivity contribution < 1.29 is 26.9 Å². The fourth-order valence-corrected chi connectivity index (χ4v) is 3.17. The molecule has 1 aliphatic carbocycles. The summed E-state index contributed by atoms with van der Waals surface area (Å²) in [5, 5.41) is 0. The minimum absolute atomic E-state index is 0.0141. The van der Waals surface area contributed by atoms with Crippen LogP contribution in [-0.4, -0.2) is 42.1 Å². The van der Waals surface area contributed by atoms with Gasteiger partial charge in [-0.3, -0.25) is 4.79 Å². The molecule has 0 aromatic carbocycles. The highest BCUT2D eigenvalue weighted by atomic mass is 32.3. The van der Waals surface area contributed by atoms with Gasteiger partial charge in [0.1, 0.15) is 0 Å². The highest BCUT2D eigenvalue weighted by Gasteiger charge is 2.68. The largest absolute Gasteiger partial charge is 0.466 e. The SMILES string of the molecule is CCOC(=O)CC(OS(C)(C)C(C)(C)C)C1(C(F)(F)F)CC1. The van der Waals surface area contributed by atoms with Crippen molar-refractivity contribution >= 4 is 16.3 Å². The quantitative estimate of drug-likeness (QED) is 0.668. The average molecular weight is 344 g/mol. The maximum Gasteiger partial charge on any atom is 0.397 e. The summed E-state index contributed by atoms with van der Waals surface area (Å²) in [6.45, 7) is 7.61. The normalized spacial score (nSPS) is 20.4. The second-order valence-corrected chi connectivity index (χ2v) is 11.0. The molecule has 7 heteroatoms. The molecular formula is C15H27F3O3S. The Hall–Kier alpha value is -0.430. The van der Waals surface area contributed by atoms with Crippen LogP contribution in [0.15, 0.2) is 0 Å². The molecule has 0 heterocycles. The van der Waals surface area contributed by atoms with E-state index in [0.29, 0.717) is 0 Å². The molecule has 0 aromatic heterocycles. The van der Waals surface area contributed by atoms with E-state index >= 15 is 0 Å². The molecule has 22 heavy (non-hydrogen) atoms. The van der Waals surface area contributed by atoms with Gasteiger partial charge in [0.15, 0.2) is 0 Å². The molecule has 1 rings (SSSR count). The zero-order valence-electron chi connectivity index (χ0n) is 14.2. The maximum atomic E-state index is 13.4. The Labute approximate surface area is 132 Å². The van der Waals surface area contributed by atoms with Crippen molar-refractivity contribution in [1.29, 1.82) is 0 Å². The molecule has 1 fully saturated rings. The van der Waals surface area contributed by atoms with Gasteiger partial charge in [-0.05, 0) is 32.3 Å². The summed E-state index contributed by atoms with van der Waals surface area (Å²) in [5.74, 6) is -0.632. The Morgan fingerprint density at radius 1 is 1.23 bits per heavy atom. The maximum absolute atomic E-state index is 13.4. The predicted octanol–water partition coefficient (Wildman–Crippen LogP) is 4.45. The van der Waals surface area contributed by atoms with Gasteiger partial charge in [0.2, 0.25) is 0 Å². The monoisotopic (exact) mass is 344 g/mol. The summed E-state index contributed by atoms with van der Waals surface area (Å²) < 4.78 is 50.8. The van der Waals surface area contributed by atoms with Crippen LogP contribution in [0.3, 0.4) is 0 Å². The third kappa shape index (κ3) is 4.10. The van der Waals surface area contributed by atoms with Crippen LogP contribution in [0.4, 0.5) is 13.2 Å². The Kier molecular flexibility index (Phi) is 5.55. The molecule has 0 radical (unpaired) electrons. The van der Waals surface area contributed by atoms with Crippen LogP contribution in [0.5, 0.6) is 0 Å². The van der Waals surface area contributed by atoms with Crippen molar-refractivity contribution in [3.05, 3.63) is 0 Å². The molecule has 1 atom stereocenters. The van der Waals surface area contributed by atoms with Gasteiger partial charge in [0, 0.05) is 4.75 Å². The van der Waals surface area contributed by atoms with E-state index in [9.17, 15) is 18.0 Å². The van der Waals surface area contributed by atoms with E-state index in [0.717, 1.165) is 0 Å². The Balaban J connectivity index is 3.01. The first kappa shape index (κ1) is 19.6. The first-order valence-corrected chi connectivity index (χ1v) is 9.78. The van der Waals surface area contributed by atoms with Gasteiger partial charge in [-0.2, -0.15) is 13.2 Å². The number of alkyl halides is 3. The summed E-state index contributed by atoms with van der Waals surface area (Å²) in [4.78, 5) is 11.7. The van der Waals surface area contributed by atoms with Gasteiger partial charge in [0.25, 0.3) is 0 Å². The number of ether oxygens (including phenoxy) is 1. The van der Waals surface area contributed by atoms with E-state index in [4.69, 9.17) is 8.92 Å². The molecule has 1 saturated carbocycles. The van der Waals surface area contributed by atoms with E-state index in [-0.39, 0.29) is 30.6 Å². The van der Waals surface area contributed by atoms with Crippen LogP contribution in [0.25, 0.3) is 0 Å². The van der Waals surface area contributed by atoms with Crippen molar-refractivity contribution in [1.82, 2.24) is 0 Å². The Morgan fingerprint density at radius 2 is 1.73 bits per heavy atom. The minimum Gasteiger partial charge on any atom is -0.466 e. The van der Waals surface area contributed by atoms with Gasteiger partial charge in [-0.15, -0.1) is 10.3 Å². The lowest BCUT2D eigenvalue weighted by molar-refractivity contribution is -0.211. The summed E-state index contributed by atoms with van der Waals surface area (Å²) in [5.41, 5.74) is -1.89. The molecule has 0 N–H and O–H groups in total. The lowest BCUT2D eigenvalue weighted by atomic mass is 9.96. The van der Waals surface area contributed by atoms with Crippen LogP contribution in [0.2, 0.25) is 0 Å². The Morgan fingerprint density at radius 3 is 2.05 bits per heavy atom. The molecule has 0 amide bonds. The van der Waals surface area contributed by atoms with Crippen LogP contribution in [0, 0.1) is 5.41 Å². The van der Waals surface area contributed by atoms with Crippen LogP contribution in [-0.2, 0) is 13.7 Å². The second-order valence-electron chi connectivity index (χ2n) is 7.09. The minimum atomic E-state index is -4.36. The van der Waals surface area contributed by atoms with Gasteiger partial charge in [-0.1, -0.05) is 20.8 Å². The molecule has 3 nitrogen and oxygen atoms in total. The zero-order valence-corrected chi connectivity index (χ0v) is 15.0. The average Bonchev–Trinajstić information content (AvgIpc) is 3.06. The highest BCUT2D eigenvalue weighted by Crippen LogP contribution is 2.65. The van der Waals surface area contributed by atoms with Gasteiger partial charge < -0.3 is 8.92 Å². The molecule has 132 valence electrons. The number of rotatable bonds is 6. The molecule has 0 saturated heterocycles. The first-order chi connectivity index (χ1) is 9.77. The first-order valence-electron chi connectivity index (χ1n) is 7.40. The van der Waals surface area contributed by atoms with E-state index in [2.05, 4.69) is 0 Å². The second kappa shape index (κ2) is 6.23. The molecule has 0 aliphatic heterocycles. The van der Waals surface area contributed by atoms with Crippen LogP contribution in [0.1, 0.15) is 47.0 Å². The highest BCUT2D eigenvalue weighted by molar-refractivity contribution is 8.29. The van der Waals surface area contributed by atoms with E-state index in [1.165, 1.54) is 0 Å². The van der Waals surface area contributed by atoms with E-state index in [1.807, 2.05) is 33.3 Å². The summed E-state index contributed by atoms with van der Waals surface area (Å²) in [6.07, 6.45) is -2.16. The summed E-state index contributed by atoms with van der Waals surface area (Å²) in [7, 11) is -1.77. The fourth-order valence-electron chi connectivity index (χ4n) is 2.05. The molecule has 0 bridgehead atoms. The lowest BCUT2D eigenvalue weighted by Gasteiger charge is -2.47. The molecule has 1 unspecified atom stereocenters. The molecule has 0 spiro atoms. The van der Waals surface area contributed by atoms with Crippen molar-refractivity contribution in [2.75, 3.05) is 19.1 Å². The third-order valence-electron chi connectivity index (χ3n) is 4.46. The summed E-state index contributed by atoms with van der Waals surface area (Å²) >= 11 is 0. The topological polar surface area (TPSA) is 35.5 Å². The number of carbonyl (C=O) groups is 1. The Bertz CT molecular complexity index is 409. The van der Waals surface area contributed by atoms with Crippen molar-refractivity contribution in [2.45, 2.75) is 64.0 Å². The van der Waals surface area contributed by atoms with Crippen molar-refractivity contribution in [2.24, 2.45) is 5.41 Å². The van der Waals surface area contributed by atoms with E-state index in [1.54, 1.807) is 6.92 Å². The van der Waals surface area contributed by atoms with E-state index < -0.39 is 34.0 Å². The van der Waals surface area contributed by atoms with Crippen molar-refractivity contribution in [3.8, 4) is 0 Å². The lowest BCUT2D eigenvalue weighted by Crippen LogP contribution is -2.42. The van der Waals surface area contributed by atoms with Gasteiger partial charge >= 0.3 is 12.1 Å². The number of hydrogen-bond acceptors (Lipinski definition) is 3. The number of hydrogen-bond donors (Lipinski definition) is 0. The standard InChI is InChI=1S/C15H27F3O3S/c1-7-20-12(19)10-11(14(8-9-14)15(16,17)18)21-22(5,6)13(2,3)4/h11H,7-10H2,1-6H3. The van der Waals surface area contributed by atoms with Crippen LogP contribution >= 0.6 is 10.3 Å². The molecule has 0 aromatic rings. The molecular weight excluding hydrogens is 317 g/mol. The smallest absolute Gasteiger partial charge is 0.397 e. The molecule has 1 aliphatic rings. The number of esters is 1. The number of carbonyl (C=O) groups excluding carboxylic acids is 1. The fraction of sp³-hybridized carbons (Fsp3) is 0.933. The summed E-state index contributed by atoms with van der Waals surface area (Å²) in [6, 6.07) is 0. The third-order valence-corrected chi connectivity index (χ3v) is 8.12. The predicted molar refractivity (Wildman–Crippen MR) is 83.0 cm³/mol. The van der Waals surface area contributed by atoms with Crippen molar-refractivity contribution in [3.63, 3.8) is 0 Å².